The van der Waals surface area contributed by atoms with Gasteiger partial charge in [0.15, 0.2) is 5.58 Å². The molecule has 0 aliphatic carbocycles. The van der Waals surface area contributed by atoms with Crippen LogP contribution in [0.1, 0.15) is 16.7 Å². The Morgan fingerprint density at radius 3 is 2.50 bits per heavy atom. The maximum Gasteiger partial charge on any atom is 0.420 e. The van der Waals surface area contributed by atoms with Crippen molar-refractivity contribution in [2.45, 2.75) is 31.3 Å². The number of fused-ring (bicyclic) bond motifs is 1. The Balaban J connectivity index is 1.42. The average molecular weight is 480 g/mol. The lowest BCUT2D eigenvalue weighted by Crippen LogP contribution is -2.32. The van der Waals surface area contributed by atoms with E-state index in [0.29, 0.717) is 18.5 Å². The maximum atomic E-state index is 12.7. The maximum absolute atomic E-state index is 12.7. The van der Waals surface area contributed by atoms with Crippen LogP contribution in [0.3, 0.4) is 0 Å². The smallest absolute Gasteiger partial charge is 0.408 e. The van der Waals surface area contributed by atoms with Crippen molar-refractivity contribution in [1.82, 2.24) is 14.6 Å². The summed E-state index contributed by atoms with van der Waals surface area (Å²) >= 11 is 0. The fourth-order valence-corrected chi connectivity index (χ4v) is 4.67. The lowest BCUT2D eigenvalue weighted by atomic mass is 10.1. The molecule has 1 heterocycles. The Kier molecular flexibility index (Phi) is 6.95. The molecule has 0 spiro atoms. The lowest BCUT2D eigenvalue weighted by molar-refractivity contribution is -0.121. The molecule has 1 aromatic heterocycles. The quantitative estimate of drug-likeness (QED) is 0.384. The minimum absolute atomic E-state index is 0.0283. The first-order chi connectivity index (χ1) is 16.3. The minimum atomic E-state index is -3.82. The van der Waals surface area contributed by atoms with Gasteiger partial charge in [0.25, 0.3) is 0 Å². The SMILES string of the molecule is Cc1cccc(CCNC(=O)Cn2c(=O)oc3cc(S(=O)(=O)NCc4ccccc4)ccc32)c1. The van der Waals surface area contributed by atoms with Crippen LogP contribution in [0.4, 0.5) is 0 Å². The number of aryl methyl sites for hydroxylation is 1. The summed E-state index contributed by atoms with van der Waals surface area (Å²) in [7, 11) is -3.82. The average Bonchev–Trinajstić information content (AvgIpc) is 3.13. The number of carbonyl (C=O) groups excluding carboxylic acids is 1. The van der Waals surface area contributed by atoms with Crippen molar-refractivity contribution in [3.8, 4) is 0 Å². The highest BCUT2D eigenvalue weighted by atomic mass is 32.2. The number of hydrogen-bond donors (Lipinski definition) is 2. The van der Waals surface area contributed by atoms with Gasteiger partial charge in [-0.2, -0.15) is 0 Å². The summed E-state index contributed by atoms with van der Waals surface area (Å²) < 4.78 is 34.3. The number of sulfonamides is 1. The van der Waals surface area contributed by atoms with E-state index in [9.17, 15) is 18.0 Å². The van der Waals surface area contributed by atoms with E-state index < -0.39 is 15.8 Å². The highest BCUT2D eigenvalue weighted by molar-refractivity contribution is 7.89. The number of amides is 1. The van der Waals surface area contributed by atoms with Gasteiger partial charge in [-0.15, -0.1) is 0 Å². The molecule has 0 aliphatic heterocycles. The van der Waals surface area contributed by atoms with Crippen LogP contribution in [0, 0.1) is 6.92 Å². The van der Waals surface area contributed by atoms with E-state index in [1.807, 2.05) is 55.5 Å². The zero-order valence-corrected chi connectivity index (χ0v) is 19.5. The van der Waals surface area contributed by atoms with Crippen LogP contribution in [-0.4, -0.2) is 25.4 Å². The second-order valence-electron chi connectivity index (χ2n) is 7.98. The van der Waals surface area contributed by atoms with E-state index in [0.717, 1.165) is 16.7 Å². The van der Waals surface area contributed by atoms with Crippen molar-refractivity contribution in [3.05, 3.63) is 100 Å². The summed E-state index contributed by atoms with van der Waals surface area (Å²) in [5, 5.41) is 2.80. The Hall–Kier alpha value is -3.69. The Bertz CT molecular complexity index is 1470. The predicted octanol–water partition coefficient (Wildman–Crippen LogP) is 2.74. The molecule has 0 aliphatic rings. The number of hydrogen-bond acceptors (Lipinski definition) is 5. The van der Waals surface area contributed by atoms with Crippen LogP contribution >= 0.6 is 0 Å². The molecule has 0 unspecified atom stereocenters. The number of nitrogens with zero attached hydrogens (tertiary/aromatic N) is 1. The second-order valence-corrected chi connectivity index (χ2v) is 9.75. The molecule has 176 valence electrons. The van der Waals surface area contributed by atoms with Crippen molar-refractivity contribution in [2.24, 2.45) is 0 Å². The Labute approximate surface area is 197 Å². The van der Waals surface area contributed by atoms with E-state index in [2.05, 4.69) is 16.1 Å². The molecule has 4 rings (SSSR count). The highest BCUT2D eigenvalue weighted by Gasteiger charge is 2.18. The zero-order valence-electron chi connectivity index (χ0n) is 18.7. The standard InChI is InChI=1S/C25H25N3O5S/c1-18-6-5-9-19(14-18)12-13-26-24(29)17-28-22-11-10-21(15-23(22)33-25(28)30)34(31,32)27-16-20-7-3-2-4-8-20/h2-11,14-15,27H,12-13,16-17H2,1H3,(H,26,29). The number of benzene rings is 3. The Morgan fingerprint density at radius 2 is 1.74 bits per heavy atom. The normalized spacial score (nSPS) is 11.6. The van der Waals surface area contributed by atoms with Gasteiger partial charge in [-0.1, -0.05) is 60.2 Å². The second kappa shape index (κ2) is 10.1. The van der Waals surface area contributed by atoms with Gasteiger partial charge in [0.2, 0.25) is 15.9 Å². The summed E-state index contributed by atoms with van der Waals surface area (Å²) in [6, 6.07) is 21.3. The third-order valence-corrected chi connectivity index (χ3v) is 6.78. The van der Waals surface area contributed by atoms with Gasteiger partial charge < -0.3 is 9.73 Å². The molecule has 0 saturated heterocycles. The number of carbonyl (C=O) groups is 1. The van der Waals surface area contributed by atoms with Gasteiger partial charge in [-0.05, 0) is 36.6 Å². The summed E-state index contributed by atoms with van der Waals surface area (Å²) in [6.07, 6.45) is 0.672. The minimum Gasteiger partial charge on any atom is -0.408 e. The van der Waals surface area contributed by atoms with Crippen molar-refractivity contribution in [2.75, 3.05) is 6.54 Å². The molecule has 0 saturated carbocycles. The number of rotatable bonds is 9. The fraction of sp³-hybridized carbons (Fsp3) is 0.200. The van der Waals surface area contributed by atoms with Crippen LogP contribution in [0.2, 0.25) is 0 Å². The van der Waals surface area contributed by atoms with Gasteiger partial charge >= 0.3 is 5.76 Å². The first kappa shape index (κ1) is 23.5. The lowest BCUT2D eigenvalue weighted by Gasteiger charge is -2.08. The van der Waals surface area contributed by atoms with Crippen LogP contribution in [0.5, 0.6) is 0 Å². The molecule has 34 heavy (non-hydrogen) atoms. The number of aromatic nitrogens is 1. The number of oxazole rings is 1. The zero-order chi connectivity index (χ0) is 24.1. The topological polar surface area (TPSA) is 110 Å². The van der Waals surface area contributed by atoms with E-state index in [-0.39, 0.29) is 29.5 Å². The van der Waals surface area contributed by atoms with E-state index in [1.54, 1.807) is 0 Å². The molecular formula is C25H25N3O5S. The molecule has 3 aromatic carbocycles. The third kappa shape index (κ3) is 5.62. The van der Waals surface area contributed by atoms with Crippen molar-refractivity contribution in [3.63, 3.8) is 0 Å². The van der Waals surface area contributed by atoms with Crippen molar-refractivity contribution < 1.29 is 17.6 Å². The molecular weight excluding hydrogens is 454 g/mol. The highest BCUT2D eigenvalue weighted by Crippen LogP contribution is 2.19. The molecule has 4 aromatic rings. The van der Waals surface area contributed by atoms with Crippen LogP contribution in [-0.2, 0) is 34.3 Å². The van der Waals surface area contributed by atoms with Gasteiger partial charge in [-0.25, -0.2) is 17.9 Å². The summed E-state index contributed by atoms with van der Waals surface area (Å²) in [5.74, 6) is -1.06. The first-order valence-corrected chi connectivity index (χ1v) is 12.3. The number of nitrogens with one attached hydrogen (secondary N) is 2. The third-order valence-electron chi connectivity index (χ3n) is 5.38. The molecule has 0 radical (unpaired) electrons. The van der Waals surface area contributed by atoms with E-state index in [4.69, 9.17) is 4.42 Å². The monoisotopic (exact) mass is 479 g/mol. The molecule has 8 nitrogen and oxygen atoms in total. The van der Waals surface area contributed by atoms with Crippen LogP contribution in [0.25, 0.3) is 11.1 Å². The van der Waals surface area contributed by atoms with Crippen LogP contribution in [0.15, 0.2) is 86.9 Å². The largest absolute Gasteiger partial charge is 0.420 e. The molecule has 1 amide bonds. The van der Waals surface area contributed by atoms with E-state index >= 15 is 0 Å². The van der Waals surface area contributed by atoms with Crippen molar-refractivity contribution >= 4 is 27.0 Å². The summed E-state index contributed by atoms with van der Waals surface area (Å²) in [5.41, 5.74) is 3.52. The summed E-state index contributed by atoms with van der Waals surface area (Å²) in [6.45, 7) is 2.35. The fourth-order valence-electron chi connectivity index (χ4n) is 3.63. The van der Waals surface area contributed by atoms with Gasteiger partial charge in [0.05, 0.1) is 10.4 Å². The van der Waals surface area contributed by atoms with Crippen LogP contribution < -0.4 is 15.8 Å². The van der Waals surface area contributed by atoms with Gasteiger partial charge in [0.1, 0.15) is 6.54 Å². The van der Waals surface area contributed by atoms with Gasteiger partial charge in [-0.3, -0.25) is 9.36 Å². The summed E-state index contributed by atoms with van der Waals surface area (Å²) in [4.78, 5) is 24.7. The molecule has 0 atom stereocenters. The van der Waals surface area contributed by atoms with Crippen molar-refractivity contribution in [1.29, 1.82) is 0 Å². The molecule has 9 heteroatoms. The first-order valence-electron chi connectivity index (χ1n) is 10.8. The van der Waals surface area contributed by atoms with Gasteiger partial charge in [0, 0.05) is 19.2 Å². The Morgan fingerprint density at radius 1 is 0.971 bits per heavy atom. The van der Waals surface area contributed by atoms with E-state index in [1.165, 1.54) is 22.8 Å². The molecule has 0 fully saturated rings. The molecule has 0 bridgehead atoms. The molecule has 2 N–H and O–H groups in total. The predicted molar refractivity (Wildman–Crippen MR) is 129 cm³/mol.